The van der Waals surface area contributed by atoms with Gasteiger partial charge in [-0.1, -0.05) is 12.1 Å². The molecule has 1 aliphatic rings. The van der Waals surface area contributed by atoms with Gasteiger partial charge in [-0.05, 0) is 19.1 Å². The SMILES string of the molecule is CC(=O)c1ccc(S(=O)(=O)N2CC(OC(F)F)C2)cc1. The highest BCUT2D eigenvalue weighted by Gasteiger charge is 2.38. The summed E-state index contributed by atoms with van der Waals surface area (Å²) in [6, 6.07) is 5.49. The molecule has 0 N–H and O–H groups in total. The van der Waals surface area contributed by atoms with Crippen molar-refractivity contribution < 1.29 is 26.7 Å². The monoisotopic (exact) mass is 305 g/mol. The topological polar surface area (TPSA) is 63.7 Å². The first-order valence-electron chi connectivity index (χ1n) is 5.85. The van der Waals surface area contributed by atoms with Gasteiger partial charge in [-0.15, -0.1) is 0 Å². The molecule has 0 saturated carbocycles. The number of carbonyl (C=O) groups is 1. The number of nitrogens with zero attached hydrogens (tertiary/aromatic N) is 1. The number of rotatable bonds is 5. The van der Waals surface area contributed by atoms with E-state index < -0.39 is 22.7 Å². The molecule has 0 aliphatic carbocycles. The lowest BCUT2D eigenvalue weighted by Gasteiger charge is -2.37. The molecule has 8 heteroatoms. The van der Waals surface area contributed by atoms with Gasteiger partial charge in [0.05, 0.1) is 11.0 Å². The number of hydrogen-bond donors (Lipinski definition) is 0. The summed E-state index contributed by atoms with van der Waals surface area (Å²) in [4.78, 5) is 11.1. The van der Waals surface area contributed by atoms with E-state index in [-0.39, 0.29) is 23.8 Å². The molecule has 1 saturated heterocycles. The zero-order valence-electron chi connectivity index (χ0n) is 10.6. The smallest absolute Gasteiger partial charge is 0.317 e. The predicted octanol–water partition coefficient (Wildman–Crippen LogP) is 1.50. The van der Waals surface area contributed by atoms with E-state index in [1.54, 1.807) is 0 Å². The molecule has 20 heavy (non-hydrogen) atoms. The highest BCUT2D eigenvalue weighted by Crippen LogP contribution is 2.24. The van der Waals surface area contributed by atoms with E-state index in [9.17, 15) is 22.0 Å². The highest BCUT2D eigenvalue weighted by molar-refractivity contribution is 7.89. The molecule has 0 atom stereocenters. The van der Waals surface area contributed by atoms with Crippen LogP contribution in [0.3, 0.4) is 0 Å². The van der Waals surface area contributed by atoms with Crippen LogP contribution in [0.25, 0.3) is 0 Å². The first kappa shape index (κ1) is 15.0. The molecule has 1 aromatic rings. The van der Waals surface area contributed by atoms with Crippen LogP contribution >= 0.6 is 0 Å². The van der Waals surface area contributed by atoms with Gasteiger partial charge < -0.3 is 4.74 Å². The lowest BCUT2D eigenvalue weighted by Crippen LogP contribution is -2.55. The van der Waals surface area contributed by atoms with Gasteiger partial charge in [-0.25, -0.2) is 8.42 Å². The molecular weight excluding hydrogens is 292 g/mol. The van der Waals surface area contributed by atoms with Crippen LogP contribution in [0, 0.1) is 0 Å². The van der Waals surface area contributed by atoms with E-state index in [1.165, 1.54) is 31.2 Å². The van der Waals surface area contributed by atoms with E-state index in [4.69, 9.17) is 0 Å². The van der Waals surface area contributed by atoms with Crippen molar-refractivity contribution in [3.8, 4) is 0 Å². The Hall–Kier alpha value is -1.38. The number of hydrogen-bond acceptors (Lipinski definition) is 4. The van der Waals surface area contributed by atoms with Crippen molar-refractivity contribution in [2.24, 2.45) is 0 Å². The Morgan fingerprint density at radius 2 is 1.85 bits per heavy atom. The minimum Gasteiger partial charge on any atom is -0.317 e. The predicted molar refractivity (Wildman–Crippen MR) is 66.1 cm³/mol. The zero-order chi connectivity index (χ0) is 14.9. The molecule has 0 unspecified atom stereocenters. The maximum Gasteiger partial charge on any atom is 0.345 e. The van der Waals surface area contributed by atoms with Crippen LogP contribution in [-0.2, 0) is 14.8 Å². The molecule has 1 fully saturated rings. The molecule has 110 valence electrons. The third kappa shape index (κ3) is 3.02. The first-order chi connectivity index (χ1) is 9.30. The molecule has 0 spiro atoms. The van der Waals surface area contributed by atoms with Crippen LogP contribution in [0.5, 0.6) is 0 Å². The average molecular weight is 305 g/mol. The number of ether oxygens (including phenoxy) is 1. The molecule has 0 radical (unpaired) electrons. The van der Waals surface area contributed by atoms with Crippen LogP contribution < -0.4 is 0 Å². The zero-order valence-corrected chi connectivity index (χ0v) is 11.4. The van der Waals surface area contributed by atoms with Gasteiger partial charge in [0.2, 0.25) is 10.0 Å². The minimum atomic E-state index is -3.72. The summed E-state index contributed by atoms with van der Waals surface area (Å²) in [7, 11) is -3.72. The summed E-state index contributed by atoms with van der Waals surface area (Å²) in [5, 5.41) is 0. The standard InChI is InChI=1S/C12H13F2NO4S/c1-8(16)9-2-4-11(5-3-9)20(17,18)15-6-10(7-15)19-12(13)14/h2-5,10,12H,6-7H2,1H3. The maximum absolute atomic E-state index is 12.1. The average Bonchev–Trinajstić information content (AvgIpc) is 2.33. The van der Waals surface area contributed by atoms with Crippen molar-refractivity contribution in [3.05, 3.63) is 29.8 Å². The Morgan fingerprint density at radius 1 is 1.30 bits per heavy atom. The van der Waals surface area contributed by atoms with Crippen molar-refractivity contribution >= 4 is 15.8 Å². The van der Waals surface area contributed by atoms with Crippen molar-refractivity contribution in [1.82, 2.24) is 4.31 Å². The number of Topliss-reactive ketones (excluding diaryl/α,β-unsaturated/α-hetero) is 1. The van der Waals surface area contributed by atoms with Gasteiger partial charge >= 0.3 is 6.61 Å². The fourth-order valence-electron chi connectivity index (χ4n) is 1.84. The second kappa shape index (κ2) is 5.55. The fourth-order valence-corrected chi connectivity index (χ4v) is 3.34. The Kier molecular flexibility index (Phi) is 4.17. The van der Waals surface area contributed by atoms with E-state index in [0.29, 0.717) is 5.56 Å². The van der Waals surface area contributed by atoms with Gasteiger partial charge in [0.25, 0.3) is 0 Å². The molecule has 0 bridgehead atoms. The summed E-state index contributed by atoms with van der Waals surface area (Å²) in [6.45, 7) is -1.72. The summed E-state index contributed by atoms with van der Waals surface area (Å²) >= 11 is 0. The number of carbonyl (C=O) groups excluding carboxylic acids is 1. The summed E-state index contributed by atoms with van der Waals surface area (Å²) in [5.41, 5.74) is 0.409. The van der Waals surface area contributed by atoms with Crippen LogP contribution in [-0.4, -0.2) is 44.3 Å². The summed E-state index contributed by atoms with van der Waals surface area (Å²) in [5.74, 6) is -0.164. The van der Waals surface area contributed by atoms with E-state index in [2.05, 4.69) is 4.74 Å². The largest absolute Gasteiger partial charge is 0.345 e. The molecule has 0 amide bonds. The molecule has 1 heterocycles. The highest BCUT2D eigenvalue weighted by atomic mass is 32.2. The van der Waals surface area contributed by atoms with Crippen LogP contribution in [0.15, 0.2) is 29.2 Å². The van der Waals surface area contributed by atoms with Gasteiger partial charge in [-0.3, -0.25) is 4.79 Å². The lowest BCUT2D eigenvalue weighted by atomic mass is 10.2. The number of benzene rings is 1. The minimum absolute atomic E-state index is 0.0259. The summed E-state index contributed by atoms with van der Waals surface area (Å²) < 4.78 is 53.4. The third-order valence-corrected chi connectivity index (χ3v) is 4.85. The summed E-state index contributed by atoms with van der Waals surface area (Å²) in [6.07, 6.45) is -0.777. The third-order valence-electron chi connectivity index (χ3n) is 3.01. The normalized spacial score (nSPS) is 17.2. The molecule has 5 nitrogen and oxygen atoms in total. The van der Waals surface area contributed by atoms with Crippen LogP contribution in [0.4, 0.5) is 8.78 Å². The number of sulfonamides is 1. The molecule has 1 aromatic carbocycles. The fraction of sp³-hybridized carbons (Fsp3) is 0.417. The lowest BCUT2D eigenvalue weighted by molar-refractivity contribution is -0.185. The second-order valence-electron chi connectivity index (χ2n) is 4.42. The van der Waals surface area contributed by atoms with Crippen LogP contribution in [0.2, 0.25) is 0 Å². The van der Waals surface area contributed by atoms with Crippen molar-refractivity contribution in [3.63, 3.8) is 0 Å². The first-order valence-corrected chi connectivity index (χ1v) is 7.29. The Bertz CT molecular complexity index is 594. The van der Waals surface area contributed by atoms with Crippen molar-refractivity contribution in [2.75, 3.05) is 13.1 Å². The second-order valence-corrected chi connectivity index (χ2v) is 6.36. The number of halogens is 2. The van der Waals surface area contributed by atoms with E-state index >= 15 is 0 Å². The van der Waals surface area contributed by atoms with Gasteiger partial charge in [0.15, 0.2) is 5.78 Å². The van der Waals surface area contributed by atoms with E-state index in [1.807, 2.05) is 0 Å². The van der Waals surface area contributed by atoms with E-state index in [0.717, 1.165) is 4.31 Å². The Balaban J connectivity index is 2.07. The van der Waals surface area contributed by atoms with Gasteiger partial charge in [0, 0.05) is 18.7 Å². The molecular formula is C12H13F2NO4S. The van der Waals surface area contributed by atoms with Crippen LogP contribution in [0.1, 0.15) is 17.3 Å². The van der Waals surface area contributed by atoms with Crippen molar-refractivity contribution in [2.45, 2.75) is 24.5 Å². The molecule has 0 aromatic heterocycles. The number of ketones is 1. The molecule has 1 aliphatic heterocycles. The number of alkyl halides is 2. The molecule has 2 rings (SSSR count). The van der Waals surface area contributed by atoms with Gasteiger partial charge in [-0.2, -0.15) is 13.1 Å². The van der Waals surface area contributed by atoms with Gasteiger partial charge in [0.1, 0.15) is 0 Å². The maximum atomic E-state index is 12.1. The van der Waals surface area contributed by atoms with Crippen molar-refractivity contribution in [1.29, 1.82) is 0 Å². The Labute approximate surface area is 115 Å². The quantitative estimate of drug-likeness (QED) is 0.773. The Morgan fingerprint density at radius 3 is 2.30 bits per heavy atom.